The van der Waals surface area contributed by atoms with Crippen molar-refractivity contribution in [2.75, 3.05) is 7.11 Å². The van der Waals surface area contributed by atoms with Crippen molar-refractivity contribution >= 4 is 10.0 Å². The van der Waals surface area contributed by atoms with Gasteiger partial charge in [0.2, 0.25) is 10.0 Å². The fourth-order valence-electron chi connectivity index (χ4n) is 2.23. The molecule has 0 saturated heterocycles. The summed E-state index contributed by atoms with van der Waals surface area (Å²) in [6.45, 7) is 0. The van der Waals surface area contributed by atoms with Gasteiger partial charge in [0.05, 0.1) is 17.6 Å². The normalized spacial score (nSPS) is 12.2. The van der Waals surface area contributed by atoms with E-state index in [-0.39, 0.29) is 12.0 Å². The van der Waals surface area contributed by atoms with Gasteiger partial charge in [0, 0.05) is 0 Å². The Hall–Kier alpha value is -2.06. The molecule has 0 aliphatic heterocycles. The van der Waals surface area contributed by atoms with Crippen LogP contribution in [0.5, 0.6) is 5.75 Å². The van der Waals surface area contributed by atoms with E-state index >= 15 is 0 Å². The average Bonchev–Trinajstić information content (AvgIpc) is 2.46. The molecule has 0 aromatic heterocycles. The predicted octanol–water partition coefficient (Wildman–Crippen LogP) is 2.95. The third kappa shape index (κ3) is 4.02. The molecule has 0 spiro atoms. The molecule has 8 heteroatoms. The second-order valence-electron chi connectivity index (χ2n) is 4.85. The number of benzene rings is 2. The first kappa shape index (κ1) is 17.3. The van der Waals surface area contributed by atoms with Crippen molar-refractivity contribution in [3.8, 4) is 5.75 Å². The summed E-state index contributed by atoms with van der Waals surface area (Å²) in [5.74, 6) is 0.546. The predicted molar refractivity (Wildman–Crippen MR) is 78.6 cm³/mol. The lowest BCUT2D eigenvalue weighted by Crippen LogP contribution is -2.18. The standard InChI is InChI=1S/C15H14F3NO3S/c1-22-11-7-5-10(6-8-11)9-12-13(15(16,17)18)3-2-4-14(12)23(19,20)21/h2-8H,9H2,1H3,(H2,19,20,21). The van der Waals surface area contributed by atoms with E-state index in [9.17, 15) is 21.6 Å². The average molecular weight is 345 g/mol. The van der Waals surface area contributed by atoms with E-state index in [0.717, 1.165) is 18.2 Å². The van der Waals surface area contributed by atoms with Crippen LogP contribution in [0.25, 0.3) is 0 Å². The highest BCUT2D eigenvalue weighted by molar-refractivity contribution is 7.89. The molecule has 4 nitrogen and oxygen atoms in total. The van der Waals surface area contributed by atoms with Gasteiger partial charge in [0.15, 0.2) is 0 Å². The van der Waals surface area contributed by atoms with Crippen LogP contribution in [0.2, 0.25) is 0 Å². The molecule has 2 aromatic rings. The van der Waals surface area contributed by atoms with Gasteiger partial charge in [-0.2, -0.15) is 13.2 Å². The third-order valence-corrected chi connectivity index (χ3v) is 4.28. The lowest BCUT2D eigenvalue weighted by atomic mass is 9.99. The number of sulfonamides is 1. The quantitative estimate of drug-likeness (QED) is 0.926. The number of hydrogen-bond acceptors (Lipinski definition) is 3. The molecule has 0 saturated carbocycles. The van der Waals surface area contributed by atoms with Crippen LogP contribution < -0.4 is 9.88 Å². The van der Waals surface area contributed by atoms with Crippen molar-refractivity contribution in [3.05, 3.63) is 59.2 Å². The Labute approximate surface area is 131 Å². The summed E-state index contributed by atoms with van der Waals surface area (Å²) in [7, 11) is -2.81. The molecule has 0 aliphatic carbocycles. The summed E-state index contributed by atoms with van der Waals surface area (Å²) in [6, 6.07) is 9.25. The van der Waals surface area contributed by atoms with Crippen molar-refractivity contribution in [2.45, 2.75) is 17.5 Å². The minimum absolute atomic E-state index is 0.217. The van der Waals surface area contributed by atoms with Gasteiger partial charge in [0.25, 0.3) is 0 Å². The first-order valence-corrected chi connectivity index (χ1v) is 8.02. The number of halogens is 3. The largest absolute Gasteiger partial charge is 0.497 e. The molecule has 2 N–H and O–H groups in total. The smallest absolute Gasteiger partial charge is 0.416 e. The van der Waals surface area contributed by atoms with E-state index in [0.29, 0.717) is 11.3 Å². The molecule has 2 aromatic carbocycles. The zero-order chi connectivity index (χ0) is 17.3. The van der Waals surface area contributed by atoms with Gasteiger partial charge >= 0.3 is 6.18 Å². The summed E-state index contributed by atoms with van der Waals surface area (Å²) >= 11 is 0. The number of alkyl halides is 3. The van der Waals surface area contributed by atoms with Crippen LogP contribution >= 0.6 is 0 Å². The Kier molecular flexibility index (Phi) is 4.67. The molecule has 23 heavy (non-hydrogen) atoms. The van der Waals surface area contributed by atoms with E-state index in [1.807, 2.05) is 0 Å². The van der Waals surface area contributed by atoms with Crippen molar-refractivity contribution < 1.29 is 26.3 Å². The molecular formula is C15H14F3NO3S. The Bertz CT molecular complexity index is 800. The number of nitrogens with two attached hydrogens (primary N) is 1. The van der Waals surface area contributed by atoms with Gasteiger partial charge in [-0.15, -0.1) is 0 Å². The van der Waals surface area contributed by atoms with Crippen LogP contribution in [0.4, 0.5) is 13.2 Å². The molecule has 0 amide bonds. The first-order valence-electron chi connectivity index (χ1n) is 6.47. The first-order chi connectivity index (χ1) is 10.6. The van der Waals surface area contributed by atoms with E-state index < -0.39 is 26.7 Å². The summed E-state index contributed by atoms with van der Waals surface area (Å²) in [4.78, 5) is -0.525. The Morgan fingerprint density at radius 1 is 1.09 bits per heavy atom. The zero-order valence-electron chi connectivity index (χ0n) is 12.1. The summed E-state index contributed by atoms with van der Waals surface area (Å²) in [5, 5.41) is 5.05. The molecule has 0 fully saturated rings. The Morgan fingerprint density at radius 2 is 1.70 bits per heavy atom. The van der Waals surface area contributed by atoms with Crippen LogP contribution in [0.15, 0.2) is 47.4 Å². The maximum atomic E-state index is 13.2. The van der Waals surface area contributed by atoms with E-state index in [1.54, 1.807) is 24.3 Å². The highest BCUT2D eigenvalue weighted by atomic mass is 32.2. The molecule has 0 radical (unpaired) electrons. The van der Waals surface area contributed by atoms with Crippen LogP contribution in [0, 0.1) is 0 Å². The molecule has 2 rings (SSSR count). The molecule has 0 unspecified atom stereocenters. The van der Waals surface area contributed by atoms with E-state index in [2.05, 4.69) is 0 Å². The van der Waals surface area contributed by atoms with Crippen molar-refractivity contribution in [3.63, 3.8) is 0 Å². The molecule has 0 heterocycles. The third-order valence-electron chi connectivity index (χ3n) is 3.28. The minimum Gasteiger partial charge on any atom is -0.497 e. The maximum Gasteiger partial charge on any atom is 0.416 e. The van der Waals surface area contributed by atoms with Gasteiger partial charge in [-0.1, -0.05) is 18.2 Å². The fourth-order valence-corrected chi connectivity index (χ4v) is 3.02. The van der Waals surface area contributed by atoms with E-state index in [1.165, 1.54) is 7.11 Å². The molecular weight excluding hydrogens is 331 g/mol. The van der Waals surface area contributed by atoms with Crippen molar-refractivity contribution in [2.24, 2.45) is 5.14 Å². The topological polar surface area (TPSA) is 69.4 Å². The van der Waals surface area contributed by atoms with Gasteiger partial charge in [-0.05, 0) is 41.8 Å². The monoisotopic (exact) mass is 345 g/mol. The number of primary sulfonamides is 1. The van der Waals surface area contributed by atoms with E-state index in [4.69, 9.17) is 9.88 Å². The number of ether oxygens (including phenoxy) is 1. The lowest BCUT2D eigenvalue weighted by Gasteiger charge is -2.16. The second kappa shape index (κ2) is 6.21. The number of rotatable bonds is 4. The summed E-state index contributed by atoms with van der Waals surface area (Å²) in [6.07, 6.45) is -4.89. The summed E-state index contributed by atoms with van der Waals surface area (Å²) < 4.78 is 67.8. The Balaban J connectivity index is 2.57. The van der Waals surface area contributed by atoms with Gasteiger partial charge in [-0.25, -0.2) is 13.6 Å². The van der Waals surface area contributed by atoms with Crippen LogP contribution in [-0.2, 0) is 22.6 Å². The lowest BCUT2D eigenvalue weighted by molar-refractivity contribution is -0.138. The van der Waals surface area contributed by atoms with Crippen molar-refractivity contribution in [1.29, 1.82) is 0 Å². The molecule has 0 atom stereocenters. The summed E-state index contributed by atoms with van der Waals surface area (Å²) in [5.41, 5.74) is -0.875. The van der Waals surface area contributed by atoms with Crippen molar-refractivity contribution in [1.82, 2.24) is 0 Å². The van der Waals surface area contributed by atoms with Crippen LogP contribution in [0.3, 0.4) is 0 Å². The van der Waals surface area contributed by atoms with Gasteiger partial charge < -0.3 is 4.74 Å². The van der Waals surface area contributed by atoms with Crippen LogP contribution in [0.1, 0.15) is 16.7 Å². The van der Waals surface area contributed by atoms with Gasteiger partial charge in [-0.3, -0.25) is 0 Å². The maximum absolute atomic E-state index is 13.2. The van der Waals surface area contributed by atoms with Gasteiger partial charge in [0.1, 0.15) is 5.75 Å². The second-order valence-corrected chi connectivity index (χ2v) is 6.38. The number of methoxy groups -OCH3 is 1. The molecule has 0 aliphatic rings. The number of hydrogen-bond donors (Lipinski definition) is 1. The SMILES string of the molecule is COc1ccc(Cc2c(C(F)(F)F)cccc2S(N)(=O)=O)cc1. The zero-order valence-corrected chi connectivity index (χ0v) is 12.9. The minimum atomic E-state index is -4.68. The Morgan fingerprint density at radius 3 is 2.17 bits per heavy atom. The highest BCUT2D eigenvalue weighted by Gasteiger charge is 2.35. The molecule has 124 valence electrons. The fraction of sp³-hybridized carbons (Fsp3) is 0.200. The van der Waals surface area contributed by atoms with Crippen LogP contribution in [-0.4, -0.2) is 15.5 Å². The highest BCUT2D eigenvalue weighted by Crippen LogP contribution is 2.35. The molecule has 0 bridgehead atoms.